The highest BCUT2D eigenvalue weighted by atomic mass is 35.5. The molecule has 0 spiro atoms. The third-order valence-electron chi connectivity index (χ3n) is 4.73. The summed E-state index contributed by atoms with van der Waals surface area (Å²) in [4.78, 5) is 0. The predicted octanol–water partition coefficient (Wildman–Crippen LogP) is 1.00. The number of nitrogens with zero attached hydrogens (tertiary/aromatic N) is 1. The molecule has 0 unspecified atom stereocenters. The van der Waals surface area contributed by atoms with Crippen molar-refractivity contribution < 1.29 is 31.2 Å². The van der Waals surface area contributed by atoms with E-state index in [1.165, 1.54) is 16.2 Å². The van der Waals surface area contributed by atoms with E-state index in [1.54, 1.807) is 21.3 Å². The summed E-state index contributed by atoms with van der Waals surface area (Å²) in [6.07, 6.45) is 2.15. The van der Waals surface area contributed by atoms with Gasteiger partial charge in [-0.2, -0.15) is 4.57 Å². The molecule has 1 aromatic heterocycles. The summed E-state index contributed by atoms with van der Waals surface area (Å²) in [5.74, 6) is 2.32. The average molecular weight is 370 g/mol. The standard InChI is InChI=1S/C21H20NO3.ClH/c1-22-12-14-5-7-15(23-2)10-17(14)16-8-6-13-9-19(24-3)20(25-4)11-18(13)21(16)22;/h5-12H,1-4H3;1H/q+1;/p-1. The van der Waals surface area contributed by atoms with Crippen LogP contribution in [0.3, 0.4) is 0 Å². The Balaban J connectivity index is 0.00000196. The molecule has 4 rings (SSSR count). The molecule has 0 amide bonds. The molecule has 0 aliphatic rings. The topological polar surface area (TPSA) is 31.6 Å². The van der Waals surface area contributed by atoms with E-state index in [9.17, 15) is 0 Å². The zero-order valence-corrected chi connectivity index (χ0v) is 15.9. The minimum atomic E-state index is 0. The third kappa shape index (κ3) is 2.67. The fraction of sp³-hybridized carbons (Fsp3) is 0.190. The molecule has 0 N–H and O–H groups in total. The summed E-state index contributed by atoms with van der Waals surface area (Å²) in [7, 11) is 7.08. The highest BCUT2D eigenvalue weighted by Crippen LogP contribution is 2.36. The summed E-state index contributed by atoms with van der Waals surface area (Å²) in [5.41, 5.74) is 1.15. The number of ether oxygens (including phenoxy) is 3. The molecule has 1 heterocycles. The molecule has 4 aromatic rings. The minimum Gasteiger partial charge on any atom is -1.00 e. The quantitative estimate of drug-likeness (QED) is 0.399. The van der Waals surface area contributed by atoms with Crippen molar-refractivity contribution >= 4 is 32.4 Å². The Labute approximate surface area is 158 Å². The zero-order valence-electron chi connectivity index (χ0n) is 15.2. The highest BCUT2D eigenvalue weighted by molar-refractivity contribution is 6.14. The van der Waals surface area contributed by atoms with Gasteiger partial charge in [-0.15, -0.1) is 0 Å². The number of aryl methyl sites for hydroxylation is 1. The van der Waals surface area contributed by atoms with Crippen molar-refractivity contribution in [1.29, 1.82) is 0 Å². The lowest BCUT2D eigenvalue weighted by Gasteiger charge is -2.11. The lowest BCUT2D eigenvalue weighted by molar-refractivity contribution is -0.642. The average Bonchev–Trinajstić information content (AvgIpc) is 2.66. The number of fused-ring (bicyclic) bond motifs is 5. The molecule has 134 valence electrons. The Morgan fingerprint density at radius 1 is 0.692 bits per heavy atom. The van der Waals surface area contributed by atoms with Gasteiger partial charge in [-0.25, -0.2) is 0 Å². The van der Waals surface area contributed by atoms with E-state index >= 15 is 0 Å². The van der Waals surface area contributed by atoms with Crippen LogP contribution >= 0.6 is 0 Å². The molecular formula is C21H20ClNO3. The van der Waals surface area contributed by atoms with Gasteiger partial charge in [0, 0.05) is 10.8 Å². The molecular weight excluding hydrogens is 350 g/mol. The molecule has 0 saturated carbocycles. The van der Waals surface area contributed by atoms with E-state index in [0.717, 1.165) is 33.5 Å². The Morgan fingerprint density at radius 3 is 2.08 bits per heavy atom. The first-order valence-electron chi connectivity index (χ1n) is 8.11. The van der Waals surface area contributed by atoms with Gasteiger partial charge in [0.05, 0.1) is 32.1 Å². The largest absolute Gasteiger partial charge is 1.00 e. The fourth-order valence-corrected chi connectivity index (χ4v) is 3.51. The summed E-state index contributed by atoms with van der Waals surface area (Å²) >= 11 is 0. The maximum Gasteiger partial charge on any atom is 0.220 e. The Bertz CT molecular complexity index is 1120. The first kappa shape index (κ1) is 18.1. The van der Waals surface area contributed by atoms with Crippen LogP contribution in [0.5, 0.6) is 17.2 Å². The minimum absolute atomic E-state index is 0. The number of hydrogen-bond acceptors (Lipinski definition) is 3. The van der Waals surface area contributed by atoms with E-state index < -0.39 is 0 Å². The van der Waals surface area contributed by atoms with Crippen LogP contribution in [0.2, 0.25) is 0 Å². The van der Waals surface area contributed by atoms with Gasteiger partial charge in [-0.1, -0.05) is 6.07 Å². The summed E-state index contributed by atoms with van der Waals surface area (Å²) in [5, 5.41) is 5.77. The van der Waals surface area contributed by atoms with Crippen molar-refractivity contribution in [2.75, 3.05) is 21.3 Å². The molecule has 3 aromatic carbocycles. The molecule has 0 aliphatic carbocycles. The van der Waals surface area contributed by atoms with Crippen molar-refractivity contribution in [3.8, 4) is 17.2 Å². The van der Waals surface area contributed by atoms with Gasteiger partial charge in [0.15, 0.2) is 17.7 Å². The first-order valence-corrected chi connectivity index (χ1v) is 8.11. The van der Waals surface area contributed by atoms with Gasteiger partial charge < -0.3 is 26.6 Å². The zero-order chi connectivity index (χ0) is 17.6. The van der Waals surface area contributed by atoms with Crippen LogP contribution in [0.25, 0.3) is 32.4 Å². The van der Waals surface area contributed by atoms with Crippen molar-refractivity contribution in [3.63, 3.8) is 0 Å². The maximum absolute atomic E-state index is 5.50. The maximum atomic E-state index is 5.50. The van der Waals surface area contributed by atoms with Crippen molar-refractivity contribution in [1.82, 2.24) is 0 Å². The van der Waals surface area contributed by atoms with Crippen LogP contribution < -0.4 is 31.2 Å². The molecule has 0 atom stereocenters. The number of methoxy groups -OCH3 is 3. The SMILES string of the molecule is COc1ccc2c[n+](C)c3c4cc(OC)c(OC)cc4ccc3c2c1.[Cl-]. The Morgan fingerprint density at radius 2 is 1.38 bits per heavy atom. The van der Waals surface area contributed by atoms with E-state index in [4.69, 9.17) is 14.2 Å². The summed E-state index contributed by atoms with van der Waals surface area (Å²) in [6.45, 7) is 0. The summed E-state index contributed by atoms with van der Waals surface area (Å²) in [6, 6.07) is 14.5. The Hall–Kier alpha value is -2.72. The van der Waals surface area contributed by atoms with Gasteiger partial charge in [-0.3, -0.25) is 0 Å². The van der Waals surface area contributed by atoms with Crippen molar-refractivity contribution in [2.24, 2.45) is 7.05 Å². The number of rotatable bonds is 3. The molecule has 0 fully saturated rings. The second-order valence-corrected chi connectivity index (χ2v) is 6.08. The number of pyridine rings is 1. The van der Waals surface area contributed by atoms with E-state index in [1.807, 2.05) is 18.2 Å². The number of hydrogen-bond donors (Lipinski definition) is 0. The second kappa shape index (κ2) is 6.89. The lowest BCUT2D eigenvalue weighted by atomic mass is 10.0. The second-order valence-electron chi connectivity index (χ2n) is 6.08. The van der Waals surface area contributed by atoms with E-state index in [2.05, 4.69) is 42.1 Å². The molecule has 4 nitrogen and oxygen atoms in total. The van der Waals surface area contributed by atoms with Crippen LogP contribution in [-0.4, -0.2) is 21.3 Å². The molecule has 26 heavy (non-hydrogen) atoms. The summed E-state index contributed by atoms with van der Waals surface area (Å²) < 4.78 is 18.5. The van der Waals surface area contributed by atoms with Crippen LogP contribution in [0.1, 0.15) is 0 Å². The normalized spacial score (nSPS) is 10.8. The van der Waals surface area contributed by atoms with Crippen LogP contribution in [0.15, 0.2) is 48.7 Å². The third-order valence-corrected chi connectivity index (χ3v) is 4.73. The molecule has 0 aliphatic heterocycles. The molecule has 0 radical (unpaired) electrons. The number of benzene rings is 3. The first-order chi connectivity index (χ1) is 12.2. The van der Waals surface area contributed by atoms with Gasteiger partial charge in [0.1, 0.15) is 12.8 Å². The van der Waals surface area contributed by atoms with E-state index in [0.29, 0.717) is 0 Å². The van der Waals surface area contributed by atoms with Gasteiger partial charge in [-0.05, 0) is 41.8 Å². The fourth-order valence-electron chi connectivity index (χ4n) is 3.51. The van der Waals surface area contributed by atoms with Crippen molar-refractivity contribution in [3.05, 3.63) is 48.7 Å². The number of halogens is 1. The highest BCUT2D eigenvalue weighted by Gasteiger charge is 2.17. The van der Waals surface area contributed by atoms with Crippen LogP contribution in [-0.2, 0) is 7.05 Å². The Kier molecular flexibility index (Phi) is 4.79. The van der Waals surface area contributed by atoms with Crippen LogP contribution in [0.4, 0.5) is 0 Å². The number of aromatic nitrogens is 1. The molecule has 5 heteroatoms. The smallest absolute Gasteiger partial charge is 0.220 e. The van der Waals surface area contributed by atoms with Gasteiger partial charge >= 0.3 is 0 Å². The van der Waals surface area contributed by atoms with E-state index in [-0.39, 0.29) is 12.4 Å². The molecule has 0 saturated heterocycles. The van der Waals surface area contributed by atoms with Gasteiger partial charge in [0.25, 0.3) is 0 Å². The monoisotopic (exact) mass is 369 g/mol. The predicted molar refractivity (Wildman–Crippen MR) is 99.8 cm³/mol. The lowest BCUT2D eigenvalue weighted by Crippen LogP contribution is -3.00. The molecule has 0 bridgehead atoms. The van der Waals surface area contributed by atoms with Crippen LogP contribution in [0, 0.1) is 0 Å². The van der Waals surface area contributed by atoms with Gasteiger partial charge in [0.2, 0.25) is 5.52 Å². The van der Waals surface area contributed by atoms with Crippen molar-refractivity contribution in [2.45, 2.75) is 0 Å².